The van der Waals surface area contributed by atoms with Crippen LogP contribution in [0.1, 0.15) is 99.1 Å². The predicted octanol–water partition coefficient (Wildman–Crippen LogP) is 8.40. The van der Waals surface area contributed by atoms with Crippen LogP contribution in [0.2, 0.25) is 0 Å². The highest BCUT2D eigenvalue weighted by Gasteiger charge is 2.37. The fraction of sp³-hybridized carbons (Fsp3) is 0.556. The number of halogens is 3. The SMILES string of the molecule is CC(C)=CCC/C(C)=C/COc1ccc(C2=CCNC(C3CCCN3C(=NC(=O)OC(C)(C)C)NC(=O)OC(C)(C)C)=N2)cc1C(F)(F)F. The fourth-order valence-corrected chi connectivity index (χ4v) is 5.08. The van der Waals surface area contributed by atoms with E-state index < -0.39 is 41.2 Å². The van der Waals surface area contributed by atoms with Gasteiger partial charge in [-0.25, -0.2) is 14.6 Å². The van der Waals surface area contributed by atoms with Crippen molar-refractivity contribution in [1.29, 1.82) is 0 Å². The Balaban J connectivity index is 1.87. The Labute approximate surface area is 287 Å². The Morgan fingerprint density at radius 3 is 2.39 bits per heavy atom. The molecule has 1 fully saturated rings. The molecule has 0 aliphatic carbocycles. The first-order valence-electron chi connectivity index (χ1n) is 16.5. The minimum atomic E-state index is -4.66. The number of benzene rings is 1. The maximum Gasteiger partial charge on any atom is 0.437 e. The van der Waals surface area contributed by atoms with E-state index in [-0.39, 0.29) is 23.9 Å². The van der Waals surface area contributed by atoms with Crippen molar-refractivity contribution in [3.05, 3.63) is 58.7 Å². The number of rotatable bonds is 8. The van der Waals surface area contributed by atoms with Crippen molar-refractivity contribution in [2.75, 3.05) is 19.7 Å². The lowest BCUT2D eigenvalue weighted by Gasteiger charge is -2.31. The summed E-state index contributed by atoms with van der Waals surface area (Å²) in [7, 11) is 0. The summed E-state index contributed by atoms with van der Waals surface area (Å²) in [6, 6.07) is 3.45. The van der Waals surface area contributed by atoms with Gasteiger partial charge < -0.3 is 24.4 Å². The second kappa shape index (κ2) is 16.4. The lowest BCUT2D eigenvalue weighted by atomic mass is 10.0. The number of alkyl halides is 3. The number of amidine groups is 1. The Morgan fingerprint density at radius 2 is 1.76 bits per heavy atom. The molecule has 1 atom stereocenters. The van der Waals surface area contributed by atoms with E-state index in [1.165, 1.54) is 11.6 Å². The van der Waals surface area contributed by atoms with Crippen LogP contribution in [0.3, 0.4) is 0 Å². The van der Waals surface area contributed by atoms with E-state index >= 15 is 0 Å². The number of aliphatic imine (C=N–C) groups is 2. The van der Waals surface area contributed by atoms with Crippen LogP contribution in [0.15, 0.2) is 57.6 Å². The summed E-state index contributed by atoms with van der Waals surface area (Å²) in [4.78, 5) is 36.0. The van der Waals surface area contributed by atoms with Crippen molar-refractivity contribution in [3.63, 3.8) is 0 Å². The van der Waals surface area contributed by atoms with Gasteiger partial charge in [0.25, 0.3) is 0 Å². The van der Waals surface area contributed by atoms with E-state index in [4.69, 9.17) is 19.2 Å². The molecule has 1 saturated heterocycles. The molecule has 1 unspecified atom stereocenters. The molecule has 3 rings (SSSR count). The first-order valence-corrected chi connectivity index (χ1v) is 16.5. The molecule has 2 heterocycles. The zero-order valence-corrected chi connectivity index (χ0v) is 30.0. The summed E-state index contributed by atoms with van der Waals surface area (Å²) in [6.45, 7) is 16.9. The number of hydrogen-bond donors (Lipinski definition) is 2. The van der Waals surface area contributed by atoms with E-state index in [0.29, 0.717) is 37.5 Å². The molecule has 2 aliphatic rings. The number of allylic oxidation sites excluding steroid dienone is 3. The molecular formula is C36H50F3N5O5. The zero-order chi connectivity index (χ0) is 36.6. The molecule has 0 bridgehead atoms. The second-order valence-corrected chi connectivity index (χ2v) is 14.3. The van der Waals surface area contributed by atoms with E-state index in [1.54, 1.807) is 64.7 Å². The number of amides is 2. The number of guanidine groups is 1. The van der Waals surface area contributed by atoms with Gasteiger partial charge in [-0.3, -0.25) is 5.32 Å². The van der Waals surface area contributed by atoms with Crippen molar-refractivity contribution >= 4 is 29.7 Å². The van der Waals surface area contributed by atoms with Crippen molar-refractivity contribution < 1.29 is 37.0 Å². The Morgan fingerprint density at radius 1 is 1.06 bits per heavy atom. The Hall–Kier alpha value is -4.29. The van der Waals surface area contributed by atoms with Crippen LogP contribution in [0.4, 0.5) is 22.8 Å². The molecule has 2 aliphatic heterocycles. The van der Waals surface area contributed by atoms with Crippen molar-refractivity contribution in [1.82, 2.24) is 15.5 Å². The maximum atomic E-state index is 14.2. The molecule has 10 nitrogen and oxygen atoms in total. The van der Waals surface area contributed by atoms with Gasteiger partial charge in [-0.15, -0.1) is 4.99 Å². The molecule has 0 spiro atoms. The molecule has 1 aromatic carbocycles. The third-order valence-corrected chi connectivity index (χ3v) is 7.21. The van der Waals surface area contributed by atoms with Gasteiger partial charge in [0, 0.05) is 18.7 Å². The molecule has 49 heavy (non-hydrogen) atoms. The second-order valence-electron chi connectivity index (χ2n) is 14.3. The minimum absolute atomic E-state index is 0.0139. The summed E-state index contributed by atoms with van der Waals surface area (Å²) >= 11 is 0. The maximum absolute atomic E-state index is 14.2. The monoisotopic (exact) mass is 689 g/mol. The van der Waals surface area contributed by atoms with Crippen LogP contribution in [0, 0.1) is 0 Å². The Kier molecular flexibility index (Phi) is 13.1. The van der Waals surface area contributed by atoms with Gasteiger partial charge >= 0.3 is 18.4 Å². The van der Waals surface area contributed by atoms with Gasteiger partial charge in [-0.05, 0) is 118 Å². The molecule has 0 aromatic heterocycles. The molecular weight excluding hydrogens is 639 g/mol. The van der Waals surface area contributed by atoms with Gasteiger partial charge in [0.15, 0.2) is 0 Å². The quantitative estimate of drug-likeness (QED) is 0.160. The van der Waals surface area contributed by atoms with Gasteiger partial charge in [-0.2, -0.15) is 13.2 Å². The first kappa shape index (κ1) is 39.2. The number of hydrogen-bond acceptors (Lipinski definition) is 7. The van der Waals surface area contributed by atoms with Crippen LogP contribution < -0.4 is 15.4 Å². The number of nitrogens with zero attached hydrogens (tertiary/aromatic N) is 3. The third kappa shape index (κ3) is 12.9. The number of likely N-dealkylation sites (tertiary alicyclic amines) is 1. The number of nitrogens with one attached hydrogen (secondary N) is 2. The number of carbonyl (C=O) groups excluding carboxylic acids is 2. The highest BCUT2D eigenvalue weighted by atomic mass is 19.4. The lowest BCUT2D eigenvalue weighted by Crippen LogP contribution is -2.53. The van der Waals surface area contributed by atoms with E-state index in [1.807, 2.05) is 20.8 Å². The van der Waals surface area contributed by atoms with Gasteiger partial charge in [0.2, 0.25) is 5.96 Å². The standard InChI is InChI=1S/C36H50F3N5O5/c1-23(2)12-10-13-24(3)18-21-47-29-16-15-25(22-26(29)36(37,38)39)27-17-19-40-30(41-27)28-14-11-20-44(28)31(42-32(45)48-34(4,5)6)43-33(46)49-35(7,8)9/h12,15-18,22,28H,10-11,13-14,19-21H2,1-9H3,(H,40,41)(H,42,43,45,46)/b24-18+. The van der Waals surface area contributed by atoms with Crippen molar-refractivity contribution in [2.45, 2.75) is 111 Å². The summed E-state index contributed by atoms with van der Waals surface area (Å²) in [5, 5.41) is 5.79. The van der Waals surface area contributed by atoms with Crippen LogP contribution in [-0.2, 0) is 15.7 Å². The lowest BCUT2D eigenvalue weighted by molar-refractivity contribution is -0.138. The van der Waals surface area contributed by atoms with E-state index in [2.05, 4.69) is 21.7 Å². The molecule has 1 aromatic rings. The van der Waals surface area contributed by atoms with E-state index in [9.17, 15) is 22.8 Å². The number of carbonyl (C=O) groups is 2. The summed E-state index contributed by atoms with van der Waals surface area (Å²) in [5.74, 6) is 0.121. The first-order chi connectivity index (χ1) is 22.7. The van der Waals surface area contributed by atoms with Crippen LogP contribution in [-0.4, -0.2) is 65.8 Å². The predicted molar refractivity (Wildman–Crippen MR) is 186 cm³/mol. The zero-order valence-electron chi connectivity index (χ0n) is 30.0. The average Bonchev–Trinajstić information content (AvgIpc) is 3.44. The summed E-state index contributed by atoms with van der Waals surface area (Å²) < 4.78 is 59.0. The average molecular weight is 690 g/mol. The highest BCUT2D eigenvalue weighted by molar-refractivity contribution is 6.03. The summed E-state index contributed by atoms with van der Waals surface area (Å²) in [5.41, 5.74) is 0.333. The normalized spacial score (nSPS) is 17.5. The number of ether oxygens (including phenoxy) is 3. The topological polar surface area (TPSA) is 114 Å². The fourth-order valence-electron chi connectivity index (χ4n) is 5.08. The molecule has 0 saturated carbocycles. The highest BCUT2D eigenvalue weighted by Crippen LogP contribution is 2.38. The van der Waals surface area contributed by atoms with Crippen LogP contribution in [0.5, 0.6) is 5.75 Å². The Bertz CT molecular complexity index is 1510. The van der Waals surface area contributed by atoms with Crippen LogP contribution in [0.25, 0.3) is 5.70 Å². The van der Waals surface area contributed by atoms with E-state index in [0.717, 1.165) is 24.5 Å². The molecule has 13 heteroatoms. The van der Waals surface area contributed by atoms with Gasteiger partial charge in [0.1, 0.15) is 29.4 Å². The van der Waals surface area contributed by atoms with Crippen molar-refractivity contribution in [3.8, 4) is 5.75 Å². The third-order valence-electron chi connectivity index (χ3n) is 7.21. The van der Waals surface area contributed by atoms with Crippen molar-refractivity contribution in [2.24, 2.45) is 9.98 Å². The molecule has 2 amide bonds. The summed E-state index contributed by atoms with van der Waals surface area (Å²) in [6.07, 6.45) is 2.14. The molecule has 0 radical (unpaired) electrons. The van der Waals surface area contributed by atoms with Gasteiger partial charge in [0.05, 0.1) is 17.3 Å². The largest absolute Gasteiger partial charge is 0.489 e. The van der Waals surface area contributed by atoms with Gasteiger partial charge in [-0.1, -0.05) is 17.2 Å². The van der Waals surface area contributed by atoms with Crippen LogP contribution >= 0.6 is 0 Å². The smallest absolute Gasteiger partial charge is 0.437 e. The molecule has 270 valence electrons. The molecule has 2 N–H and O–H groups in total. The number of alkyl carbamates (subject to hydrolysis) is 1. The minimum Gasteiger partial charge on any atom is -0.489 e.